The van der Waals surface area contributed by atoms with Crippen molar-refractivity contribution in [1.29, 1.82) is 0 Å². The average Bonchev–Trinajstić information content (AvgIpc) is 2.54. The first-order valence-electron chi connectivity index (χ1n) is 8.86. The lowest BCUT2D eigenvalue weighted by Gasteiger charge is -2.23. The van der Waals surface area contributed by atoms with Gasteiger partial charge in [-0.2, -0.15) is 0 Å². The lowest BCUT2D eigenvalue weighted by molar-refractivity contribution is -0.125. The Labute approximate surface area is 155 Å². The Balaban J connectivity index is 2.37. The van der Waals surface area contributed by atoms with Crippen molar-refractivity contribution >= 4 is 17.6 Å². The molecule has 26 heavy (non-hydrogen) atoms. The third-order valence-corrected chi connectivity index (χ3v) is 3.78. The molecule has 0 fully saturated rings. The summed E-state index contributed by atoms with van der Waals surface area (Å²) in [6.07, 6.45) is 0.411. The van der Waals surface area contributed by atoms with Crippen LogP contribution in [-0.2, 0) is 19.8 Å². The van der Waals surface area contributed by atoms with Gasteiger partial charge in [0.2, 0.25) is 5.91 Å². The first-order valence-corrected chi connectivity index (χ1v) is 8.86. The molecule has 0 aliphatic heterocycles. The second kappa shape index (κ2) is 9.94. The molecule has 0 bridgehead atoms. The van der Waals surface area contributed by atoms with Gasteiger partial charge in [0, 0.05) is 25.9 Å². The van der Waals surface area contributed by atoms with Crippen LogP contribution in [0.15, 0.2) is 18.2 Å². The van der Waals surface area contributed by atoms with Gasteiger partial charge in [0.05, 0.1) is 0 Å². The molecule has 6 heteroatoms. The van der Waals surface area contributed by atoms with Gasteiger partial charge in [-0.15, -0.1) is 0 Å². The SMILES string of the molecule is CC(=O)CCC(=O)NCCNC(=O)COc1ccc(C)cc1C(C)(C)C. The Kier molecular flexibility index (Phi) is 8.29. The van der Waals surface area contributed by atoms with E-state index in [9.17, 15) is 14.4 Å². The van der Waals surface area contributed by atoms with E-state index in [2.05, 4.69) is 37.5 Å². The lowest BCUT2D eigenvalue weighted by atomic mass is 9.85. The Morgan fingerprint density at radius 2 is 1.62 bits per heavy atom. The minimum atomic E-state index is -0.247. The number of rotatable bonds is 9. The number of ketones is 1. The van der Waals surface area contributed by atoms with Crippen molar-refractivity contribution < 1.29 is 19.1 Å². The largest absolute Gasteiger partial charge is 0.483 e. The summed E-state index contributed by atoms with van der Waals surface area (Å²) in [5.41, 5.74) is 2.12. The number of aryl methyl sites for hydroxylation is 1. The predicted octanol–water partition coefficient (Wildman–Crippen LogP) is 2.27. The van der Waals surface area contributed by atoms with Crippen LogP contribution >= 0.6 is 0 Å². The number of hydrogen-bond donors (Lipinski definition) is 2. The number of Topliss-reactive ketones (excluding diaryl/α,β-unsaturated/α-hetero) is 1. The second-order valence-corrected chi connectivity index (χ2v) is 7.44. The maximum Gasteiger partial charge on any atom is 0.258 e. The number of ether oxygens (including phenoxy) is 1. The molecule has 0 heterocycles. The molecular formula is C20H30N2O4. The van der Waals surface area contributed by atoms with Crippen LogP contribution in [0.3, 0.4) is 0 Å². The summed E-state index contributed by atoms with van der Waals surface area (Å²) < 4.78 is 5.69. The highest BCUT2D eigenvalue weighted by Crippen LogP contribution is 2.32. The first kappa shape index (κ1) is 21.7. The molecule has 1 aromatic rings. The number of benzene rings is 1. The third kappa shape index (κ3) is 8.14. The van der Waals surface area contributed by atoms with Gasteiger partial charge in [-0.05, 0) is 30.9 Å². The molecule has 1 aromatic carbocycles. The number of nitrogens with one attached hydrogen (secondary N) is 2. The molecule has 0 aliphatic carbocycles. The smallest absolute Gasteiger partial charge is 0.258 e. The van der Waals surface area contributed by atoms with E-state index in [1.54, 1.807) is 0 Å². The van der Waals surface area contributed by atoms with Crippen LogP contribution in [0.5, 0.6) is 5.75 Å². The Morgan fingerprint density at radius 3 is 2.19 bits per heavy atom. The van der Waals surface area contributed by atoms with Gasteiger partial charge >= 0.3 is 0 Å². The summed E-state index contributed by atoms with van der Waals surface area (Å²) >= 11 is 0. The predicted molar refractivity (Wildman–Crippen MR) is 101 cm³/mol. The van der Waals surface area contributed by atoms with Crippen LogP contribution in [0, 0.1) is 6.92 Å². The minimum Gasteiger partial charge on any atom is -0.483 e. The number of carbonyl (C=O) groups is 3. The van der Waals surface area contributed by atoms with E-state index in [1.165, 1.54) is 6.92 Å². The molecule has 0 aliphatic rings. The molecule has 0 radical (unpaired) electrons. The topological polar surface area (TPSA) is 84.5 Å². The Hall–Kier alpha value is -2.37. The van der Waals surface area contributed by atoms with E-state index in [0.29, 0.717) is 18.8 Å². The third-order valence-electron chi connectivity index (χ3n) is 3.78. The quantitative estimate of drug-likeness (QED) is 0.660. The Morgan fingerprint density at radius 1 is 1.00 bits per heavy atom. The maximum absolute atomic E-state index is 11.9. The van der Waals surface area contributed by atoms with Gasteiger partial charge in [-0.25, -0.2) is 0 Å². The number of amides is 2. The zero-order valence-corrected chi connectivity index (χ0v) is 16.4. The van der Waals surface area contributed by atoms with Crippen molar-refractivity contribution in [1.82, 2.24) is 10.6 Å². The molecule has 0 atom stereocenters. The van der Waals surface area contributed by atoms with E-state index in [0.717, 1.165) is 11.1 Å². The molecular weight excluding hydrogens is 332 g/mol. The first-order chi connectivity index (χ1) is 12.1. The zero-order chi connectivity index (χ0) is 19.7. The lowest BCUT2D eigenvalue weighted by Crippen LogP contribution is -2.37. The van der Waals surface area contributed by atoms with Gasteiger partial charge in [0.15, 0.2) is 6.61 Å². The van der Waals surface area contributed by atoms with Gasteiger partial charge in [-0.3, -0.25) is 9.59 Å². The summed E-state index contributed by atoms with van der Waals surface area (Å²) in [5.74, 6) is 0.246. The van der Waals surface area contributed by atoms with Crippen molar-refractivity contribution in [3.8, 4) is 5.75 Å². The fraction of sp³-hybridized carbons (Fsp3) is 0.550. The van der Waals surface area contributed by atoms with Crippen molar-refractivity contribution in [2.45, 2.75) is 52.9 Å². The maximum atomic E-state index is 11.9. The molecule has 1 rings (SSSR count). The van der Waals surface area contributed by atoms with E-state index in [4.69, 9.17) is 4.74 Å². The van der Waals surface area contributed by atoms with Gasteiger partial charge < -0.3 is 20.2 Å². The van der Waals surface area contributed by atoms with Crippen LogP contribution in [0.2, 0.25) is 0 Å². The van der Waals surface area contributed by atoms with E-state index >= 15 is 0 Å². The van der Waals surface area contributed by atoms with E-state index in [-0.39, 0.29) is 42.5 Å². The van der Waals surface area contributed by atoms with Gasteiger partial charge in [-0.1, -0.05) is 38.5 Å². The molecule has 2 amide bonds. The van der Waals surface area contributed by atoms with E-state index in [1.807, 2.05) is 19.1 Å². The molecule has 6 nitrogen and oxygen atoms in total. The van der Waals surface area contributed by atoms with Crippen molar-refractivity contribution in [3.05, 3.63) is 29.3 Å². The fourth-order valence-corrected chi connectivity index (χ4v) is 2.33. The Bertz CT molecular complexity index is 648. The molecule has 0 unspecified atom stereocenters. The van der Waals surface area contributed by atoms with Crippen LogP contribution < -0.4 is 15.4 Å². The van der Waals surface area contributed by atoms with Crippen LogP contribution in [0.1, 0.15) is 51.7 Å². The fourth-order valence-electron chi connectivity index (χ4n) is 2.33. The van der Waals surface area contributed by atoms with Crippen molar-refractivity contribution in [2.24, 2.45) is 0 Å². The monoisotopic (exact) mass is 362 g/mol. The normalized spacial score (nSPS) is 11.0. The second-order valence-electron chi connectivity index (χ2n) is 7.44. The summed E-state index contributed by atoms with van der Waals surface area (Å²) in [6, 6.07) is 5.92. The summed E-state index contributed by atoms with van der Waals surface area (Å²) in [7, 11) is 0. The summed E-state index contributed by atoms with van der Waals surface area (Å²) in [4.78, 5) is 34.2. The van der Waals surface area contributed by atoms with Crippen LogP contribution in [0.4, 0.5) is 0 Å². The van der Waals surface area contributed by atoms with Crippen molar-refractivity contribution in [3.63, 3.8) is 0 Å². The highest BCUT2D eigenvalue weighted by atomic mass is 16.5. The highest BCUT2D eigenvalue weighted by molar-refractivity contribution is 5.83. The van der Waals surface area contributed by atoms with E-state index < -0.39 is 0 Å². The molecule has 0 spiro atoms. The molecule has 0 aromatic heterocycles. The minimum absolute atomic E-state index is 0.0173. The number of carbonyl (C=O) groups excluding carboxylic acids is 3. The molecule has 144 valence electrons. The average molecular weight is 362 g/mol. The van der Waals surface area contributed by atoms with Crippen LogP contribution in [0.25, 0.3) is 0 Å². The summed E-state index contributed by atoms with van der Waals surface area (Å²) in [5, 5.41) is 5.35. The zero-order valence-electron chi connectivity index (χ0n) is 16.4. The standard InChI is InChI=1S/C20H30N2O4/c1-14-6-8-17(16(12-14)20(3,4)5)26-13-19(25)22-11-10-21-18(24)9-7-15(2)23/h6,8,12H,7,9-11,13H2,1-5H3,(H,21,24)(H,22,25). The highest BCUT2D eigenvalue weighted by Gasteiger charge is 2.19. The number of hydrogen-bond acceptors (Lipinski definition) is 4. The molecule has 0 saturated carbocycles. The van der Waals surface area contributed by atoms with Crippen LogP contribution in [-0.4, -0.2) is 37.3 Å². The summed E-state index contributed by atoms with van der Waals surface area (Å²) in [6.45, 7) is 10.3. The molecule has 0 saturated heterocycles. The molecule has 2 N–H and O–H groups in total. The van der Waals surface area contributed by atoms with Gasteiger partial charge in [0.25, 0.3) is 5.91 Å². The van der Waals surface area contributed by atoms with Crippen molar-refractivity contribution in [2.75, 3.05) is 19.7 Å². The van der Waals surface area contributed by atoms with Gasteiger partial charge in [0.1, 0.15) is 11.5 Å².